The Morgan fingerprint density at radius 1 is 1.16 bits per heavy atom. The highest BCUT2D eigenvalue weighted by Crippen LogP contribution is 2.24. The molecular formula is C19H27N3O3. The maximum atomic E-state index is 12.6. The van der Waals surface area contributed by atoms with Crippen molar-refractivity contribution in [3.8, 4) is 17.4 Å². The fraction of sp³-hybridized carbons (Fsp3) is 0.526. The van der Waals surface area contributed by atoms with Crippen LogP contribution < -0.4 is 4.74 Å². The number of aromatic nitrogens is 3. The Morgan fingerprint density at radius 3 is 2.68 bits per heavy atom. The van der Waals surface area contributed by atoms with E-state index in [2.05, 4.69) is 17.0 Å². The van der Waals surface area contributed by atoms with Crippen LogP contribution in [0, 0.1) is 6.92 Å². The minimum absolute atomic E-state index is 0.0524. The molecule has 6 heteroatoms. The second kappa shape index (κ2) is 9.93. The van der Waals surface area contributed by atoms with Crippen LogP contribution in [0.25, 0.3) is 11.4 Å². The quantitative estimate of drug-likeness (QED) is 0.611. The van der Waals surface area contributed by atoms with Crippen molar-refractivity contribution in [3.63, 3.8) is 0 Å². The molecule has 6 nitrogen and oxygen atoms in total. The number of hydrogen-bond acceptors (Lipinski definition) is 5. The van der Waals surface area contributed by atoms with Gasteiger partial charge in [0.2, 0.25) is 5.91 Å². The van der Waals surface area contributed by atoms with Crippen molar-refractivity contribution in [1.29, 1.82) is 0 Å². The zero-order valence-corrected chi connectivity index (χ0v) is 15.3. The lowest BCUT2D eigenvalue weighted by atomic mass is 10.1. The summed E-state index contributed by atoms with van der Waals surface area (Å²) in [5.74, 6) is 0.481. The fourth-order valence-electron chi connectivity index (χ4n) is 2.55. The van der Waals surface area contributed by atoms with Gasteiger partial charge in [-0.3, -0.25) is 4.79 Å². The normalized spacial score (nSPS) is 10.8. The standard InChI is InChI=1S/C19H27N3O3/c1-4-5-6-7-12-17(23)22-18(16-11-9-8-10-15(16)2)20-19(21-22)25-14-13-24-3/h8-11H,4-7,12-14H2,1-3H3. The summed E-state index contributed by atoms with van der Waals surface area (Å²) in [6, 6.07) is 8.03. The fourth-order valence-corrected chi connectivity index (χ4v) is 2.55. The monoisotopic (exact) mass is 345 g/mol. The van der Waals surface area contributed by atoms with E-state index in [0.29, 0.717) is 25.5 Å². The first kappa shape index (κ1) is 19.1. The molecule has 0 aliphatic carbocycles. The molecule has 0 amide bonds. The average molecular weight is 345 g/mol. The summed E-state index contributed by atoms with van der Waals surface area (Å²) < 4.78 is 11.9. The first-order valence-corrected chi connectivity index (χ1v) is 8.85. The van der Waals surface area contributed by atoms with Crippen LogP contribution in [0.3, 0.4) is 0 Å². The number of carbonyl (C=O) groups is 1. The summed E-state index contributed by atoms with van der Waals surface area (Å²) in [7, 11) is 1.61. The number of rotatable bonds is 10. The lowest BCUT2D eigenvalue weighted by Gasteiger charge is -2.06. The highest BCUT2D eigenvalue weighted by molar-refractivity contribution is 5.82. The van der Waals surface area contributed by atoms with Crippen LogP contribution in [0.2, 0.25) is 0 Å². The third-order valence-electron chi connectivity index (χ3n) is 3.97. The highest BCUT2D eigenvalue weighted by Gasteiger charge is 2.19. The van der Waals surface area contributed by atoms with Gasteiger partial charge in [0, 0.05) is 19.1 Å². The number of nitrogens with zero attached hydrogens (tertiary/aromatic N) is 3. The lowest BCUT2D eigenvalue weighted by Crippen LogP contribution is -2.14. The van der Waals surface area contributed by atoms with Gasteiger partial charge < -0.3 is 9.47 Å². The molecule has 0 saturated heterocycles. The summed E-state index contributed by atoms with van der Waals surface area (Å²) in [5, 5.41) is 4.28. The third-order valence-corrected chi connectivity index (χ3v) is 3.97. The molecule has 0 radical (unpaired) electrons. The van der Waals surface area contributed by atoms with Crippen molar-refractivity contribution in [3.05, 3.63) is 29.8 Å². The van der Waals surface area contributed by atoms with Crippen molar-refractivity contribution in [2.24, 2.45) is 0 Å². The molecule has 0 spiro atoms. The van der Waals surface area contributed by atoms with Crippen molar-refractivity contribution < 1.29 is 14.3 Å². The molecule has 1 heterocycles. The minimum atomic E-state index is -0.0524. The zero-order valence-electron chi connectivity index (χ0n) is 15.3. The van der Waals surface area contributed by atoms with E-state index < -0.39 is 0 Å². The first-order chi connectivity index (χ1) is 12.2. The molecular weight excluding hydrogens is 318 g/mol. The Labute approximate surface area is 149 Å². The van der Waals surface area contributed by atoms with E-state index in [9.17, 15) is 4.79 Å². The van der Waals surface area contributed by atoms with Gasteiger partial charge in [-0.1, -0.05) is 50.5 Å². The van der Waals surface area contributed by atoms with E-state index in [1.54, 1.807) is 7.11 Å². The van der Waals surface area contributed by atoms with Crippen LogP contribution in [0.1, 0.15) is 49.4 Å². The number of aryl methyl sites for hydroxylation is 1. The molecule has 2 rings (SSSR count). The number of unbranched alkanes of at least 4 members (excludes halogenated alkanes) is 3. The lowest BCUT2D eigenvalue weighted by molar-refractivity contribution is 0.0881. The Hall–Kier alpha value is -2.21. The van der Waals surface area contributed by atoms with Crippen LogP contribution >= 0.6 is 0 Å². The molecule has 2 aromatic rings. The Kier molecular flexibility index (Phi) is 7.60. The molecule has 0 atom stereocenters. The van der Waals surface area contributed by atoms with Crippen LogP contribution in [0.4, 0.5) is 0 Å². The minimum Gasteiger partial charge on any atom is -0.460 e. The van der Waals surface area contributed by atoms with E-state index in [1.165, 1.54) is 4.68 Å². The van der Waals surface area contributed by atoms with Gasteiger partial charge in [-0.25, -0.2) is 0 Å². The van der Waals surface area contributed by atoms with Gasteiger partial charge in [0.05, 0.1) is 6.61 Å². The molecule has 0 bridgehead atoms. The number of ether oxygens (including phenoxy) is 2. The average Bonchev–Trinajstić information content (AvgIpc) is 3.03. The van der Waals surface area contributed by atoms with Gasteiger partial charge in [0.25, 0.3) is 0 Å². The maximum absolute atomic E-state index is 12.6. The second-order valence-electron chi connectivity index (χ2n) is 5.99. The SMILES string of the molecule is CCCCCCC(=O)n1nc(OCCOC)nc1-c1ccccc1C. The molecule has 0 saturated carbocycles. The van der Waals surface area contributed by atoms with E-state index in [-0.39, 0.29) is 11.9 Å². The van der Waals surface area contributed by atoms with Gasteiger partial charge in [-0.15, -0.1) is 5.10 Å². The molecule has 25 heavy (non-hydrogen) atoms. The topological polar surface area (TPSA) is 66.2 Å². The highest BCUT2D eigenvalue weighted by atomic mass is 16.5. The summed E-state index contributed by atoms with van der Waals surface area (Å²) in [6.45, 7) is 4.93. The molecule has 1 aromatic heterocycles. The number of hydrogen-bond donors (Lipinski definition) is 0. The van der Waals surface area contributed by atoms with Gasteiger partial charge in [0.15, 0.2) is 5.82 Å². The Bertz CT molecular complexity index is 682. The van der Waals surface area contributed by atoms with Crippen LogP contribution in [-0.4, -0.2) is 41.0 Å². The van der Waals surface area contributed by atoms with Gasteiger partial charge in [-0.2, -0.15) is 9.67 Å². The van der Waals surface area contributed by atoms with Crippen LogP contribution in [0.15, 0.2) is 24.3 Å². The predicted octanol–water partition coefficient (Wildman–Crippen LogP) is 3.89. The third kappa shape index (κ3) is 5.39. The van der Waals surface area contributed by atoms with E-state index in [1.807, 2.05) is 31.2 Å². The molecule has 0 aliphatic heterocycles. The second-order valence-corrected chi connectivity index (χ2v) is 5.99. The summed E-state index contributed by atoms with van der Waals surface area (Å²) >= 11 is 0. The molecule has 136 valence electrons. The maximum Gasteiger partial charge on any atom is 0.336 e. The van der Waals surface area contributed by atoms with Gasteiger partial charge in [0.1, 0.15) is 6.61 Å². The molecule has 0 unspecified atom stereocenters. The van der Waals surface area contributed by atoms with E-state index in [4.69, 9.17) is 9.47 Å². The Morgan fingerprint density at radius 2 is 1.96 bits per heavy atom. The number of methoxy groups -OCH3 is 1. The van der Waals surface area contributed by atoms with Crippen molar-refractivity contribution in [2.75, 3.05) is 20.3 Å². The Balaban J connectivity index is 2.22. The smallest absolute Gasteiger partial charge is 0.336 e. The number of benzene rings is 1. The van der Waals surface area contributed by atoms with E-state index in [0.717, 1.165) is 36.8 Å². The van der Waals surface area contributed by atoms with Gasteiger partial charge >= 0.3 is 6.01 Å². The zero-order chi connectivity index (χ0) is 18.1. The molecule has 0 N–H and O–H groups in total. The molecule has 1 aromatic carbocycles. The van der Waals surface area contributed by atoms with Gasteiger partial charge in [-0.05, 0) is 18.9 Å². The number of carbonyl (C=O) groups excluding carboxylic acids is 1. The summed E-state index contributed by atoms with van der Waals surface area (Å²) in [4.78, 5) is 17.1. The van der Waals surface area contributed by atoms with Crippen LogP contribution in [0.5, 0.6) is 6.01 Å². The molecule has 0 aliphatic rings. The van der Waals surface area contributed by atoms with Crippen molar-refractivity contribution >= 4 is 5.91 Å². The van der Waals surface area contributed by atoms with E-state index >= 15 is 0 Å². The summed E-state index contributed by atoms with van der Waals surface area (Å²) in [5.41, 5.74) is 1.93. The van der Waals surface area contributed by atoms with Crippen molar-refractivity contribution in [2.45, 2.75) is 46.0 Å². The van der Waals surface area contributed by atoms with Crippen LogP contribution in [-0.2, 0) is 4.74 Å². The first-order valence-electron chi connectivity index (χ1n) is 8.85. The molecule has 0 fully saturated rings. The summed E-state index contributed by atoms with van der Waals surface area (Å²) in [6.07, 6.45) is 4.65. The largest absolute Gasteiger partial charge is 0.460 e. The van der Waals surface area contributed by atoms with Crippen molar-refractivity contribution in [1.82, 2.24) is 14.8 Å². The predicted molar refractivity (Wildman–Crippen MR) is 97.0 cm³/mol.